The average molecular weight is 220 g/mol. The summed E-state index contributed by atoms with van der Waals surface area (Å²) in [5.74, 6) is -0.963. The number of carboxylic acids is 1. The molecule has 0 radical (unpaired) electrons. The highest BCUT2D eigenvalue weighted by atomic mass is 16.4. The van der Waals surface area contributed by atoms with E-state index >= 15 is 0 Å². The summed E-state index contributed by atoms with van der Waals surface area (Å²) in [6.07, 6.45) is 4.59. The summed E-state index contributed by atoms with van der Waals surface area (Å²) in [5.41, 5.74) is 9.19. The molecule has 0 saturated heterocycles. The minimum Gasteiger partial charge on any atom is -0.478 e. The first kappa shape index (κ1) is 10.9. The molecule has 0 aromatic carbocycles. The van der Waals surface area contributed by atoms with E-state index in [9.17, 15) is 4.79 Å². The molecule has 2 rings (SSSR count). The Labute approximate surface area is 94.5 Å². The number of aromatic carboxylic acids is 1. The van der Waals surface area contributed by atoms with Crippen LogP contribution in [0.5, 0.6) is 0 Å². The van der Waals surface area contributed by atoms with Crippen LogP contribution >= 0.6 is 0 Å². The monoisotopic (exact) mass is 220 g/mol. The van der Waals surface area contributed by atoms with Crippen LogP contribution in [0.25, 0.3) is 0 Å². The smallest absolute Gasteiger partial charge is 0.339 e. The van der Waals surface area contributed by atoms with Crippen molar-refractivity contribution in [2.75, 3.05) is 5.73 Å². The fraction of sp³-hybridized carbons (Fsp3) is 0.500. The Morgan fingerprint density at radius 1 is 1.44 bits per heavy atom. The van der Waals surface area contributed by atoms with Gasteiger partial charge in [-0.1, -0.05) is 6.92 Å². The van der Waals surface area contributed by atoms with Crippen LogP contribution in [0.4, 0.5) is 5.69 Å². The molecule has 16 heavy (non-hydrogen) atoms. The largest absolute Gasteiger partial charge is 0.478 e. The Balaban J connectivity index is 2.64. The summed E-state index contributed by atoms with van der Waals surface area (Å²) >= 11 is 0. The zero-order valence-corrected chi connectivity index (χ0v) is 9.42. The van der Waals surface area contributed by atoms with Gasteiger partial charge in [-0.05, 0) is 37.7 Å². The highest BCUT2D eigenvalue weighted by Crippen LogP contribution is 2.29. The summed E-state index contributed by atoms with van der Waals surface area (Å²) < 4.78 is 0. The molecule has 0 fully saturated rings. The number of aryl methyl sites for hydroxylation is 2. The first-order valence-corrected chi connectivity index (χ1v) is 5.68. The van der Waals surface area contributed by atoms with Crippen LogP contribution in [0.2, 0.25) is 0 Å². The maximum atomic E-state index is 11.2. The van der Waals surface area contributed by atoms with E-state index in [1.165, 1.54) is 0 Å². The van der Waals surface area contributed by atoms with Gasteiger partial charge in [0.2, 0.25) is 0 Å². The van der Waals surface area contributed by atoms with Crippen LogP contribution in [0.3, 0.4) is 0 Å². The molecule has 1 aliphatic carbocycles. The van der Waals surface area contributed by atoms with E-state index in [0.29, 0.717) is 17.8 Å². The van der Waals surface area contributed by atoms with Crippen molar-refractivity contribution in [3.8, 4) is 0 Å². The molecule has 0 unspecified atom stereocenters. The number of carbonyl (C=O) groups is 1. The number of fused-ring (bicyclic) bond motifs is 1. The van der Waals surface area contributed by atoms with Crippen LogP contribution in [-0.2, 0) is 19.3 Å². The van der Waals surface area contributed by atoms with Gasteiger partial charge in [-0.3, -0.25) is 4.98 Å². The number of anilines is 1. The summed E-state index contributed by atoms with van der Waals surface area (Å²) in [7, 11) is 0. The minimum atomic E-state index is -0.963. The van der Waals surface area contributed by atoms with E-state index in [1.807, 2.05) is 6.92 Å². The number of aromatic nitrogens is 1. The lowest BCUT2D eigenvalue weighted by molar-refractivity contribution is 0.0696. The van der Waals surface area contributed by atoms with Gasteiger partial charge < -0.3 is 10.8 Å². The van der Waals surface area contributed by atoms with Crippen molar-refractivity contribution in [2.24, 2.45) is 0 Å². The maximum absolute atomic E-state index is 11.2. The fourth-order valence-electron chi connectivity index (χ4n) is 2.32. The molecule has 3 N–H and O–H groups in total. The fourth-order valence-corrected chi connectivity index (χ4v) is 2.32. The first-order chi connectivity index (χ1) is 7.65. The summed E-state index contributed by atoms with van der Waals surface area (Å²) in [4.78, 5) is 15.6. The molecule has 1 aromatic heterocycles. The Morgan fingerprint density at radius 2 is 2.12 bits per heavy atom. The quantitative estimate of drug-likeness (QED) is 0.796. The van der Waals surface area contributed by atoms with Gasteiger partial charge in [0.1, 0.15) is 5.56 Å². The van der Waals surface area contributed by atoms with Crippen LogP contribution in [0.15, 0.2) is 0 Å². The molecule has 0 bridgehead atoms. The predicted octanol–water partition coefficient (Wildman–Crippen LogP) is 1.80. The van der Waals surface area contributed by atoms with Crippen LogP contribution in [0, 0.1) is 0 Å². The van der Waals surface area contributed by atoms with Gasteiger partial charge in [0.25, 0.3) is 0 Å². The lowest BCUT2D eigenvalue weighted by Crippen LogP contribution is -2.17. The summed E-state index contributed by atoms with van der Waals surface area (Å²) in [5, 5.41) is 9.16. The third-order valence-corrected chi connectivity index (χ3v) is 3.14. The molecular formula is C12H16N2O2. The number of nitrogens with zero attached hydrogens (tertiary/aromatic N) is 1. The predicted molar refractivity (Wildman–Crippen MR) is 61.6 cm³/mol. The van der Waals surface area contributed by atoms with E-state index in [4.69, 9.17) is 10.8 Å². The van der Waals surface area contributed by atoms with Crippen LogP contribution < -0.4 is 5.73 Å². The van der Waals surface area contributed by atoms with Gasteiger partial charge in [0, 0.05) is 5.69 Å². The van der Waals surface area contributed by atoms with Gasteiger partial charge in [-0.2, -0.15) is 0 Å². The molecule has 4 heteroatoms. The number of rotatable bonds is 2. The summed E-state index contributed by atoms with van der Waals surface area (Å²) in [6, 6.07) is 0. The number of hydrogen-bond donors (Lipinski definition) is 2. The van der Waals surface area contributed by atoms with E-state index in [2.05, 4.69) is 4.98 Å². The number of nitrogen functional groups attached to an aromatic ring is 1. The molecule has 1 heterocycles. The standard InChI is InChI=1S/C12H16N2O2/c1-2-8-10(12(15)16)11(13)7-5-3-4-6-9(7)14-8/h2-6H2,1H3,(H2,13,14)(H,15,16). The first-order valence-electron chi connectivity index (χ1n) is 5.68. The normalized spacial score (nSPS) is 14.6. The molecule has 0 spiro atoms. The van der Waals surface area contributed by atoms with E-state index in [-0.39, 0.29) is 5.56 Å². The minimum absolute atomic E-state index is 0.211. The van der Waals surface area contributed by atoms with Crippen molar-refractivity contribution in [3.05, 3.63) is 22.5 Å². The molecule has 0 aliphatic heterocycles. The zero-order chi connectivity index (χ0) is 11.7. The number of pyridine rings is 1. The lowest BCUT2D eigenvalue weighted by atomic mass is 9.91. The van der Waals surface area contributed by atoms with Crippen molar-refractivity contribution in [1.29, 1.82) is 0 Å². The van der Waals surface area contributed by atoms with Crippen LogP contribution in [-0.4, -0.2) is 16.1 Å². The molecule has 0 atom stereocenters. The second-order valence-corrected chi connectivity index (χ2v) is 4.14. The number of hydrogen-bond acceptors (Lipinski definition) is 3. The topological polar surface area (TPSA) is 76.2 Å². The van der Waals surface area contributed by atoms with Crippen LogP contribution in [0.1, 0.15) is 47.1 Å². The second kappa shape index (κ2) is 4.12. The van der Waals surface area contributed by atoms with Gasteiger partial charge in [-0.15, -0.1) is 0 Å². The molecular weight excluding hydrogens is 204 g/mol. The molecule has 0 amide bonds. The van der Waals surface area contributed by atoms with E-state index < -0.39 is 5.97 Å². The Bertz CT molecular complexity index is 441. The van der Waals surface area contributed by atoms with Gasteiger partial charge in [0.05, 0.1) is 11.4 Å². The van der Waals surface area contributed by atoms with Crippen molar-refractivity contribution in [3.63, 3.8) is 0 Å². The van der Waals surface area contributed by atoms with Gasteiger partial charge in [0.15, 0.2) is 0 Å². The maximum Gasteiger partial charge on any atom is 0.339 e. The van der Waals surface area contributed by atoms with Crippen molar-refractivity contribution in [1.82, 2.24) is 4.98 Å². The molecule has 0 saturated carbocycles. The molecule has 86 valence electrons. The Morgan fingerprint density at radius 3 is 2.75 bits per heavy atom. The molecule has 1 aliphatic rings. The van der Waals surface area contributed by atoms with Gasteiger partial charge in [-0.25, -0.2) is 4.79 Å². The van der Waals surface area contributed by atoms with Crippen molar-refractivity contribution >= 4 is 11.7 Å². The zero-order valence-electron chi connectivity index (χ0n) is 9.42. The lowest BCUT2D eigenvalue weighted by Gasteiger charge is -2.20. The SMILES string of the molecule is CCc1nc2c(c(N)c1C(=O)O)CCCC2. The van der Waals surface area contributed by atoms with Crippen molar-refractivity contribution in [2.45, 2.75) is 39.0 Å². The Kier molecular flexibility index (Phi) is 2.81. The highest BCUT2D eigenvalue weighted by molar-refractivity contribution is 5.95. The molecule has 4 nitrogen and oxygen atoms in total. The average Bonchev–Trinajstić information content (AvgIpc) is 2.28. The number of carboxylic acid groups (broad SMARTS) is 1. The van der Waals surface area contributed by atoms with E-state index in [0.717, 1.165) is 36.9 Å². The third kappa shape index (κ3) is 1.64. The van der Waals surface area contributed by atoms with Crippen molar-refractivity contribution < 1.29 is 9.90 Å². The second-order valence-electron chi connectivity index (χ2n) is 4.14. The van der Waals surface area contributed by atoms with Gasteiger partial charge >= 0.3 is 5.97 Å². The van der Waals surface area contributed by atoms with E-state index in [1.54, 1.807) is 0 Å². The third-order valence-electron chi connectivity index (χ3n) is 3.14. The Hall–Kier alpha value is -1.58. The highest BCUT2D eigenvalue weighted by Gasteiger charge is 2.22. The summed E-state index contributed by atoms with van der Waals surface area (Å²) in [6.45, 7) is 1.91. The molecule has 1 aromatic rings. The number of nitrogens with two attached hydrogens (primary N) is 1.